The third-order valence-corrected chi connectivity index (χ3v) is 4.10. The number of urea groups is 1. The van der Waals surface area contributed by atoms with Crippen molar-refractivity contribution in [2.45, 2.75) is 45.2 Å². The Morgan fingerprint density at radius 2 is 1.82 bits per heavy atom. The molecule has 98 valence electrons. The summed E-state index contributed by atoms with van der Waals surface area (Å²) in [6, 6.07) is 1.45. The maximum Gasteiger partial charge on any atom is 0.319 e. The highest BCUT2D eigenvalue weighted by Crippen LogP contribution is 2.45. The van der Waals surface area contributed by atoms with Crippen molar-refractivity contribution in [3.05, 3.63) is 0 Å². The summed E-state index contributed by atoms with van der Waals surface area (Å²) in [4.78, 5) is 15.4. The first-order valence-electron chi connectivity index (χ1n) is 6.62. The fraction of sp³-hybridized carbons (Fsp3) is 0.923. The normalized spacial score (nSPS) is 28.0. The quantitative estimate of drug-likeness (QED) is 0.793. The number of nitrogens with zero attached hydrogens (tertiary/aromatic N) is 2. The second-order valence-corrected chi connectivity index (χ2v) is 6.35. The number of nitrogens with one attached hydrogen (secondary N) is 1. The second kappa shape index (κ2) is 4.48. The van der Waals surface area contributed by atoms with Gasteiger partial charge in [0, 0.05) is 39.3 Å². The van der Waals surface area contributed by atoms with Crippen molar-refractivity contribution in [2.75, 3.05) is 27.2 Å². The van der Waals surface area contributed by atoms with E-state index in [1.165, 1.54) is 6.42 Å². The topological polar surface area (TPSA) is 35.6 Å². The maximum atomic E-state index is 11.8. The summed E-state index contributed by atoms with van der Waals surface area (Å²) in [5.41, 5.74) is 0.497. The van der Waals surface area contributed by atoms with Crippen molar-refractivity contribution in [2.24, 2.45) is 5.41 Å². The number of amides is 2. The van der Waals surface area contributed by atoms with Crippen LogP contribution in [0.2, 0.25) is 0 Å². The first-order chi connectivity index (χ1) is 7.90. The van der Waals surface area contributed by atoms with E-state index in [0.29, 0.717) is 17.5 Å². The van der Waals surface area contributed by atoms with Gasteiger partial charge in [-0.2, -0.15) is 0 Å². The molecule has 2 amide bonds. The van der Waals surface area contributed by atoms with E-state index in [-0.39, 0.29) is 6.03 Å². The van der Waals surface area contributed by atoms with Gasteiger partial charge in [0.15, 0.2) is 0 Å². The number of piperidine rings is 1. The van der Waals surface area contributed by atoms with Gasteiger partial charge in [-0.05, 0) is 24.7 Å². The van der Waals surface area contributed by atoms with Gasteiger partial charge in [-0.3, -0.25) is 0 Å². The molecule has 1 aliphatic carbocycles. The van der Waals surface area contributed by atoms with Crippen molar-refractivity contribution in [3.63, 3.8) is 0 Å². The Labute approximate surface area is 104 Å². The number of rotatable bonds is 2. The summed E-state index contributed by atoms with van der Waals surface area (Å²) in [5.74, 6) is 0. The molecule has 0 radical (unpaired) electrons. The van der Waals surface area contributed by atoms with Gasteiger partial charge in [0.2, 0.25) is 0 Å². The van der Waals surface area contributed by atoms with E-state index < -0.39 is 0 Å². The molecule has 0 aromatic carbocycles. The molecule has 1 saturated carbocycles. The molecule has 2 rings (SSSR count). The molecule has 0 spiro atoms. The van der Waals surface area contributed by atoms with Crippen LogP contribution in [0.3, 0.4) is 0 Å². The molecule has 17 heavy (non-hydrogen) atoms. The molecule has 1 heterocycles. The molecule has 0 aromatic rings. The molecule has 1 unspecified atom stereocenters. The van der Waals surface area contributed by atoms with E-state index in [0.717, 1.165) is 25.9 Å². The van der Waals surface area contributed by atoms with Gasteiger partial charge in [0.1, 0.15) is 0 Å². The standard InChI is InChI=1S/C13H25N3O/c1-13(2)9-11(13)14-10-5-7-16(8-6-10)12(17)15(3)4/h10-11,14H,5-9H2,1-4H3. The number of likely N-dealkylation sites (tertiary alicyclic amines) is 1. The van der Waals surface area contributed by atoms with Crippen LogP contribution in [0.4, 0.5) is 4.79 Å². The Balaban J connectivity index is 1.73. The summed E-state index contributed by atoms with van der Waals surface area (Å²) >= 11 is 0. The molecule has 1 aliphatic heterocycles. The van der Waals surface area contributed by atoms with Crippen LogP contribution < -0.4 is 5.32 Å². The van der Waals surface area contributed by atoms with E-state index in [9.17, 15) is 4.79 Å². The maximum absolute atomic E-state index is 11.8. The van der Waals surface area contributed by atoms with Gasteiger partial charge in [0.05, 0.1) is 0 Å². The summed E-state index contributed by atoms with van der Waals surface area (Å²) in [6.07, 6.45) is 3.47. The Morgan fingerprint density at radius 3 is 2.24 bits per heavy atom. The number of carbonyl (C=O) groups is 1. The lowest BCUT2D eigenvalue weighted by atomic mass is 10.0. The lowest BCUT2D eigenvalue weighted by molar-refractivity contribution is 0.151. The Bertz CT molecular complexity index is 293. The van der Waals surface area contributed by atoms with Crippen molar-refractivity contribution in [3.8, 4) is 0 Å². The summed E-state index contributed by atoms with van der Waals surface area (Å²) < 4.78 is 0. The summed E-state index contributed by atoms with van der Waals surface area (Å²) in [6.45, 7) is 6.41. The first-order valence-corrected chi connectivity index (χ1v) is 6.62. The van der Waals surface area contributed by atoms with Crippen LogP contribution in [0.1, 0.15) is 33.1 Å². The third kappa shape index (κ3) is 2.92. The van der Waals surface area contributed by atoms with Crippen LogP contribution in [0.15, 0.2) is 0 Å². The van der Waals surface area contributed by atoms with Crippen molar-refractivity contribution < 1.29 is 4.79 Å². The van der Waals surface area contributed by atoms with E-state index >= 15 is 0 Å². The fourth-order valence-corrected chi connectivity index (χ4v) is 2.56. The zero-order valence-corrected chi connectivity index (χ0v) is 11.5. The minimum absolute atomic E-state index is 0.148. The molecule has 4 heteroatoms. The molecular weight excluding hydrogens is 214 g/mol. The molecule has 4 nitrogen and oxygen atoms in total. The van der Waals surface area contributed by atoms with E-state index in [1.54, 1.807) is 4.90 Å². The van der Waals surface area contributed by atoms with Crippen LogP contribution >= 0.6 is 0 Å². The molecule has 2 aliphatic rings. The zero-order chi connectivity index (χ0) is 12.6. The molecule has 2 fully saturated rings. The lowest BCUT2D eigenvalue weighted by Crippen LogP contribution is -2.48. The molecule has 1 atom stereocenters. The average molecular weight is 239 g/mol. The SMILES string of the molecule is CN(C)C(=O)N1CCC(NC2CC2(C)C)CC1. The smallest absolute Gasteiger partial charge is 0.319 e. The first kappa shape index (κ1) is 12.7. The number of hydrogen-bond donors (Lipinski definition) is 1. The summed E-state index contributed by atoms with van der Waals surface area (Å²) in [7, 11) is 3.64. The molecule has 0 bridgehead atoms. The van der Waals surface area contributed by atoms with Gasteiger partial charge in [0.25, 0.3) is 0 Å². The monoisotopic (exact) mass is 239 g/mol. The molecule has 1 saturated heterocycles. The fourth-order valence-electron chi connectivity index (χ4n) is 2.56. The number of carbonyl (C=O) groups excluding carboxylic acids is 1. The molecule has 1 N–H and O–H groups in total. The van der Waals surface area contributed by atoms with Gasteiger partial charge in [-0.15, -0.1) is 0 Å². The van der Waals surface area contributed by atoms with Crippen LogP contribution in [0.25, 0.3) is 0 Å². The predicted octanol–water partition coefficient (Wildman–Crippen LogP) is 1.52. The third-order valence-electron chi connectivity index (χ3n) is 4.10. The van der Waals surface area contributed by atoms with Gasteiger partial charge in [-0.1, -0.05) is 13.8 Å². The highest BCUT2D eigenvalue weighted by Gasteiger charge is 2.46. The van der Waals surface area contributed by atoms with Crippen molar-refractivity contribution in [1.29, 1.82) is 0 Å². The van der Waals surface area contributed by atoms with Crippen LogP contribution in [0.5, 0.6) is 0 Å². The van der Waals surface area contributed by atoms with Gasteiger partial charge >= 0.3 is 6.03 Å². The lowest BCUT2D eigenvalue weighted by Gasteiger charge is -2.34. The van der Waals surface area contributed by atoms with Crippen LogP contribution in [-0.4, -0.2) is 55.1 Å². The molecule has 0 aromatic heterocycles. The highest BCUT2D eigenvalue weighted by atomic mass is 16.2. The molecular formula is C13H25N3O. The second-order valence-electron chi connectivity index (χ2n) is 6.35. The minimum Gasteiger partial charge on any atom is -0.331 e. The highest BCUT2D eigenvalue weighted by molar-refractivity contribution is 5.73. The van der Waals surface area contributed by atoms with Gasteiger partial charge in [-0.25, -0.2) is 4.79 Å². The van der Waals surface area contributed by atoms with Crippen LogP contribution in [0, 0.1) is 5.41 Å². The summed E-state index contributed by atoms with van der Waals surface area (Å²) in [5, 5.41) is 3.72. The van der Waals surface area contributed by atoms with Crippen molar-refractivity contribution in [1.82, 2.24) is 15.1 Å². The van der Waals surface area contributed by atoms with Gasteiger partial charge < -0.3 is 15.1 Å². The Kier molecular flexibility index (Phi) is 3.34. The average Bonchev–Trinajstić information content (AvgIpc) is 2.86. The zero-order valence-electron chi connectivity index (χ0n) is 11.5. The van der Waals surface area contributed by atoms with Crippen LogP contribution in [-0.2, 0) is 0 Å². The number of hydrogen-bond acceptors (Lipinski definition) is 2. The largest absolute Gasteiger partial charge is 0.331 e. The minimum atomic E-state index is 0.148. The predicted molar refractivity (Wildman–Crippen MR) is 69.0 cm³/mol. The Morgan fingerprint density at radius 1 is 1.29 bits per heavy atom. The van der Waals surface area contributed by atoms with E-state index in [1.807, 2.05) is 19.0 Å². The Hall–Kier alpha value is -0.770. The van der Waals surface area contributed by atoms with Crippen molar-refractivity contribution >= 4 is 6.03 Å². The van der Waals surface area contributed by atoms with E-state index in [2.05, 4.69) is 19.2 Å². The van der Waals surface area contributed by atoms with E-state index in [4.69, 9.17) is 0 Å².